The molecule has 2 nitrogen and oxygen atoms in total. The van der Waals surface area contributed by atoms with Crippen LogP contribution in [-0.2, 0) is 0 Å². The highest BCUT2D eigenvalue weighted by Gasteiger charge is 2.35. The van der Waals surface area contributed by atoms with Crippen LogP contribution < -0.4 is 0 Å². The minimum atomic E-state index is -0.541. The number of likely N-dealkylation sites (tertiary alicyclic amines) is 2. The van der Waals surface area contributed by atoms with Gasteiger partial charge in [0.15, 0.2) is 0 Å². The van der Waals surface area contributed by atoms with Crippen molar-refractivity contribution >= 4 is 0 Å². The van der Waals surface area contributed by atoms with Crippen LogP contribution in [0, 0.1) is 0 Å². The highest BCUT2D eigenvalue weighted by molar-refractivity contribution is 4.90. The second-order valence-electron chi connectivity index (χ2n) is 3.89. The summed E-state index contributed by atoms with van der Waals surface area (Å²) in [6, 6.07) is 0.650. The Morgan fingerprint density at radius 2 is 2.08 bits per heavy atom. The lowest BCUT2D eigenvalue weighted by molar-refractivity contribution is 0.0306. The van der Waals surface area contributed by atoms with Crippen LogP contribution in [0.25, 0.3) is 0 Å². The van der Waals surface area contributed by atoms with Gasteiger partial charge in [-0.05, 0) is 19.5 Å². The maximum atomic E-state index is 12.5. The lowest BCUT2D eigenvalue weighted by Gasteiger charge is -2.39. The second-order valence-corrected chi connectivity index (χ2v) is 3.89. The molecular formula is C9H17FN2. The number of hydrogen-bond acceptors (Lipinski definition) is 2. The Hall–Kier alpha value is -0.150. The number of hydrogen-bond donors (Lipinski definition) is 0. The Morgan fingerprint density at radius 1 is 1.33 bits per heavy atom. The molecule has 2 heterocycles. The van der Waals surface area contributed by atoms with E-state index >= 15 is 0 Å². The molecule has 12 heavy (non-hydrogen) atoms. The van der Waals surface area contributed by atoms with Crippen molar-refractivity contribution in [2.45, 2.75) is 25.6 Å². The van der Waals surface area contributed by atoms with Gasteiger partial charge >= 0.3 is 0 Å². The van der Waals surface area contributed by atoms with E-state index in [1.54, 1.807) is 0 Å². The van der Waals surface area contributed by atoms with Crippen molar-refractivity contribution in [1.82, 2.24) is 9.80 Å². The quantitative estimate of drug-likeness (QED) is 0.606. The summed E-state index contributed by atoms with van der Waals surface area (Å²) in [6.07, 6.45) is 0.696. The third kappa shape index (κ3) is 1.48. The normalized spacial score (nSPS) is 34.0. The Kier molecular flexibility index (Phi) is 2.33. The van der Waals surface area contributed by atoms with Gasteiger partial charge in [0.05, 0.1) is 0 Å². The standard InChI is InChI=1S/C9H17FN2/c1-2-11-4-3-9(7-11)12-5-8(10)6-12/h8-9H,2-7H2,1H3. The predicted molar refractivity (Wildman–Crippen MR) is 47.0 cm³/mol. The molecule has 0 radical (unpaired) electrons. The van der Waals surface area contributed by atoms with E-state index in [4.69, 9.17) is 0 Å². The second kappa shape index (κ2) is 3.30. The summed E-state index contributed by atoms with van der Waals surface area (Å²) in [6.45, 7) is 7.06. The summed E-state index contributed by atoms with van der Waals surface area (Å²) >= 11 is 0. The van der Waals surface area contributed by atoms with Crippen molar-refractivity contribution in [1.29, 1.82) is 0 Å². The molecule has 0 N–H and O–H groups in total. The van der Waals surface area contributed by atoms with Gasteiger partial charge in [0.1, 0.15) is 6.17 Å². The van der Waals surface area contributed by atoms with Crippen molar-refractivity contribution in [3.63, 3.8) is 0 Å². The molecule has 1 unspecified atom stereocenters. The molecule has 3 heteroatoms. The van der Waals surface area contributed by atoms with Gasteiger partial charge < -0.3 is 4.90 Å². The average molecular weight is 172 g/mol. The van der Waals surface area contributed by atoms with Crippen molar-refractivity contribution in [3.05, 3.63) is 0 Å². The highest BCUT2D eigenvalue weighted by atomic mass is 19.1. The smallest absolute Gasteiger partial charge is 0.125 e. The largest absolute Gasteiger partial charge is 0.302 e. The SMILES string of the molecule is CCN1CCC(N2CC(F)C2)C1. The summed E-state index contributed by atoms with van der Waals surface area (Å²) in [5.41, 5.74) is 0. The first kappa shape index (κ1) is 8.45. The van der Waals surface area contributed by atoms with Crippen LogP contribution in [0.3, 0.4) is 0 Å². The van der Waals surface area contributed by atoms with Gasteiger partial charge in [-0.3, -0.25) is 4.90 Å². The molecule has 1 atom stereocenters. The summed E-state index contributed by atoms with van der Waals surface area (Å²) in [5, 5.41) is 0. The molecule has 2 fully saturated rings. The number of halogens is 1. The summed E-state index contributed by atoms with van der Waals surface area (Å²) in [5.74, 6) is 0. The molecule has 2 saturated heterocycles. The monoisotopic (exact) mass is 172 g/mol. The maximum Gasteiger partial charge on any atom is 0.125 e. The summed E-state index contributed by atoms with van der Waals surface area (Å²) < 4.78 is 12.5. The fraction of sp³-hybridized carbons (Fsp3) is 1.00. The number of nitrogens with zero attached hydrogens (tertiary/aromatic N) is 2. The van der Waals surface area contributed by atoms with Crippen molar-refractivity contribution in [2.24, 2.45) is 0 Å². The lowest BCUT2D eigenvalue weighted by Crippen LogP contribution is -2.54. The summed E-state index contributed by atoms with van der Waals surface area (Å²) in [4.78, 5) is 4.72. The van der Waals surface area contributed by atoms with E-state index in [0.717, 1.165) is 13.1 Å². The van der Waals surface area contributed by atoms with E-state index < -0.39 is 6.17 Å². The molecule has 2 aliphatic rings. The summed E-state index contributed by atoms with van der Waals surface area (Å²) in [7, 11) is 0. The zero-order chi connectivity index (χ0) is 8.55. The number of alkyl halides is 1. The molecule has 0 amide bonds. The van der Waals surface area contributed by atoms with E-state index in [9.17, 15) is 4.39 Å². The molecule has 0 saturated carbocycles. The Bertz CT molecular complexity index is 157. The fourth-order valence-electron chi connectivity index (χ4n) is 2.15. The van der Waals surface area contributed by atoms with Gasteiger partial charge in [-0.25, -0.2) is 4.39 Å². The number of likely N-dealkylation sites (N-methyl/N-ethyl adjacent to an activating group) is 1. The van der Waals surface area contributed by atoms with Crippen molar-refractivity contribution < 1.29 is 4.39 Å². The topological polar surface area (TPSA) is 6.48 Å². The van der Waals surface area contributed by atoms with Gasteiger partial charge in [0.2, 0.25) is 0 Å². The van der Waals surface area contributed by atoms with Crippen LogP contribution in [0.2, 0.25) is 0 Å². The molecule has 0 aromatic carbocycles. The van der Waals surface area contributed by atoms with Crippen molar-refractivity contribution in [2.75, 3.05) is 32.7 Å². The zero-order valence-corrected chi connectivity index (χ0v) is 7.67. The third-order valence-electron chi connectivity index (χ3n) is 3.08. The van der Waals surface area contributed by atoms with Gasteiger partial charge in [-0.2, -0.15) is 0 Å². The van der Waals surface area contributed by atoms with E-state index in [1.807, 2.05) is 0 Å². The Labute approximate surface area is 73.3 Å². The molecule has 2 aliphatic heterocycles. The first-order valence-corrected chi connectivity index (χ1v) is 4.90. The van der Waals surface area contributed by atoms with E-state index in [-0.39, 0.29) is 0 Å². The van der Waals surface area contributed by atoms with Crippen LogP contribution >= 0.6 is 0 Å². The van der Waals surface area contributed by atoms with E-state index in [2.05, 4.69) is 16.7 Å². The van der Waals surface area contributed by atoms with Crippen LogP contribution in [0.15, 0.2) is 0 Å². The fourth-order valence-corrected chi connectivity index (χ4v) is 2.15. The maximum absolute atomic E-state index is 12.5. The average Bonchev–Trinajstić information content (AvgIpc) is 2.46. The lowest BCUT2D eigenvalue weighted by atomic mass is 10.1. The number of rotatable bonds is 2. The molecule has 0 aromatic rings. The van der Waals surface area contributed by atoms with E-state index in [1.165, 1.54) is 13.0 Å². The van der Waals surface area contributed by atoms with Crippen LogP contribution in [0.1, 0.15) is 13.3 Å². The van der Waals surface area contributed by atoms with Gasteiger partial charge in [0, 0.05) is 25.7 Å². The molecular weight excluding hydrogens is 155 g/mol. The zero-order valence-electron chi connectivity index (χ0n) is 7.67. The van der Waals surface area contributed by atoms with Crippen LogP contribution in [-0.4, -0.2) is 54.7 Å². The first-order valence-electron chi connectivity index (χ1n) is 4.90. The predicted octanol–water partition coefficient (Wildman–Crippen LogP) is 0.734. The third-order valence-corrected chi connectivity index (χ3v) is 3.08. The molecule has 0 aromatic heterocycles. The molecule has 2 rings (SSSR count). The molecule has 0 spiro atoms. The molecule has 0 bridgehead atoms. The molecule has 70 valence electrons. The van der Waals surface area contributed by atoms with Gasteiger partial charge in [0.25, 0.3) is 0 Å². The van der Waals surface area contributed by atoms with Crippen LogP contribution in [0.4, 0.5) is 4.39 Å². The van der Waals surface area contributed by atoms with E-state index in [0.29, 0.717) is 19.1 Å². The van der Waals surface area contributed by atoms with Crippen molar-refractivity contribution in [3.8, 4) is 0 Å². The van der Waals surface area contributed by atoms with Gasteiger partial charge in [-0.1, -0.05) is 6.92 Å². The highest BCUT2D eigenvalue weighted by Crippen LogP contribution is 2.21. The minimum Gasteiger partial charge on any atom is -0.302 e. The minimum absolute atomic E-state index is 0.541. The molecule has 0 aliphatic carbocycles. The van der Waals surface area contributed by atoms with Gasteiger partial charge in [-0.15, -0.1) is 0 Å². The first-order chi connectivity index (χ1) is 5.79. The van der Waals surface area contributed by atoms with Crippen LogP contribution in [0.5, 0.6) is 0 Å². The Balaban J connectivity index is 1.76. The Morgan fingerprint density at radius 3 is 2.58 bits per heavy atom.